The fourth-order valence-corrected chi connectivity index (χ4v) is 3.98. The molecule has 3 amide bonds. The molecule has 1 fully saturated rings. The lowest BCUT2D eigenvalue weighted by Gasteiger charge is -2.37. The lowest BCUT2D eigenvalue weighted by Crippen LogP contribution is -2.56. The number of nitrogens with one attached hydrogen (secondary N) is 2. The van der Waals surface area contributed by atoms with Gasteiger partial charge in [0, 0.05) is 12.1 Å². The first kappa shape index (κ1) is 27.7. The van der Waals surface area contributed by atoms with Crippen molar-refractivity contribution in [1.82, 2.24) is 15.5 Å². The van der Waals surface area contributed by atoms with Crippen molar-refractivity contribution in [2.45, 2.75) is 111 Å². The maximum atomic E-state index is 14.1. The van der Waals surface area contributed by atoms with E-state index in [-0.39, 0.29) is 29.8 Å². The van der Waals surface area contributed by atoms with Gasteiger partial charge in [0.25, 0.3) is 0 Å². The van der Waals surface area contributed by atoms with Crippen LogP contribution in [0.15, 0.2) is 18.2 Å². The molecule has 1 aromatic rings. The molecule has 0 saturated heterocycles. The smallest absolute Gasteiger partial charge is 0.408 e. The molecule has 3 atom stereocenters. The highest BCUT2D eigenvalue weighted by Crippen LogP contribution is 2.37. The molecule has 1 aliphatic carbocycles. The summed E-state index contributed by atoms with van der Waals surface area (Å²) in [5.74, 6) is -0.578. The van der Waals surface area contributed by atoms with Gasteiger partial charge in [0.05, 0.1) is 0 Å². The Morgan fingerprint density at radius 3 is 2.21 bits per heavy atom. The Hall–Kier alpha value is -2.57. The van der Waals surface area contributed by atoms with Crippen LogP contribution in [0.3, 0.4) is 0 Å². The molecule has 3 unspecified atom stereocenters. The number of aryl methyl sites for hydroxylation is 2. The third kappa shape index (κ3) is 7.47. The van der Waals surface area contributed by atoms with Gasteiger partial charge in [0.2, 0.25) is 11.8 Å². The van der Waals surface area contributed by atoms with Crippen molar-refractivity contribution in [2.75, 3.05) is 0 Å². The van der Waals surface area contributed by atoms with E-state index in [1.807, 2.05) is 59.7 Å². The number of hydrogen-bond acceptors (Lipinski definition) is 4. The van der Waals surface area contributed by atoms with Crippen LogP contribution in [0.5, 0.6) is 0 Å². The van der Waals surface area contributed by atoms with Crippen LogP contribution in [0.4, 0.5) is 4.79 Å². The average molecular weight is 474 g/mol. The van der Waals surface area contributed by atoms with Gasteiger partial charge in [-0.1, -0.05) is 44.0 Å². The third-order valence-corrected chi connectivity index (χ3v) is 6.03. The van der Waals surface area contributed by atoms with E-state index in [1.54, 1.807) is 25.7 Å². The van der Waals surface area contributed by atoms with Crippen molar-refractivity contribution in [3.8, 4) is 0 Å². The molecule has 7 heteroatoms. The van der Waals surface area contributed by atoms with E-state index >= 15 is 0 Å². The quantitative estimate of drug-likeness (QED) is 0.539. The van der Waals surface area contributed by atoms with Crippen molar-refractivity contribution in [1.29, 1.82) is 0 Å². The zero-order chi connectivity index (χ0) is 25.8. The van der Waals surface area contributed by atoms with Gasteiger partial charge in [-0.05, 0) is 78.4 Å². The number of carbonyl (C=O) groups is 3. The monoisotopic (exact) mass is 473 g/mol. The lowest BCUT2D eigenvalue weighted by molar-refractivity contribution is -0.144. The van der Waals surface area contributed by atoms with Gasteiger partial charge in [-0.2, -0.15) is 0 Å². The zero-order valence-corrected chi connectivity index (χ0v) is 22.3. The number of ether oxygens (including phenoxy) is 1. The van der Waals surface area contributed by atoms with E-state index in [1.165, 1.54) is 0 Å². The fourth-order valence-electron chi connectivity index (χ4n) is 3.98. The zero-order valence-electron chi connectivity index (χ0n) is 22.3. The highest BCUT2D eigenvalue weighted by Gasteiger charge is 2.45. The summed E-state index contributed by atoms with van der Waals surface area (Å²) >= 11 is 0. The number of amides is 3. The summed E-state index contributed by atoms with van der Waals surface area (Å²) in [5.41, 5.74) is 2.12. The van der Waals surface area contributed by atoms with Crippen LogP contribution in [0.1, 0.15) is 90.5 Å². The van der Waals surface area contributed by atoms with E-state index in [4.69, 9.17) is 4.74 Å². The van der Waals surface area contributed by atoms with Gasteiger partial charge >= 0.3 is 6.09 Å². The predicted molar refractivity (Wildman–Crippen MR) is 134 cm³/mol. The number of hydrogen-bond donors (Lipinski definition) is 2. The summed E-state index contributed by atoms with van der Waals surface area (Å²) in [5, 5.41) is 5.83. The molecular weight excluding hydrogens is 430 g/mol. The summed E-state index contributed by atoms with van der Waals surface area (Å²) in [7, 11) is 0. The predicted octanol–water partition coefficient (Wildman–Crippen LogP) is 4.80. The highest BCUT2D eigenvalue weighted by molar-refractivity contribution is 5.93. The molecule has 1 aromatic carbocycles. The molecule has 0 aliphatic heterocycles. The standard InChI is InChI=1S/C27H43N3O4/c1-10-18(5)22(29-26(33)34-27(7,8)9)25(32)30(20-13-14-20)23(24(31)28-16(2)3)21-15-17(4)11-12-19(21)6/h11-12,15-16,18,20,22-23H,10,13-14H2,1-9H3,(H,28,31)(H,29,33). The first-order valence-corrected chi connectivity index (χ1v) is 12.4. The second kappa shape index (κ2) is 11.2. The van der Waals surface area contributed by atoms with Crippen LogP contribution in [-0.2, 0) is 14.3 Å². The minimum Gasteiger partial charge on any atom is -0.444 e. The molecule has 0 aromatic heterocycles. The summed E-state index contributed by atoms with van der Waals surface area (Å²) < 4.78 is 5.45. The molecule has 0 bridgehead atoms. The largest absolute Gasteiger partial charge is 0.444 e. The molecule has 0 spiro atoms. The van der Waals surface area contributed by atoms with Gasteiger partial charge in [0.1, 0.15) is 17.7 Å². The van der Waals surface area contributed by atoms with Crippen LogP contribution in [0.25, 0.3) is 0 Å². The Bertz CT molecular complexity index is 886. The lowest BCUT2D eigenvalue weighted by atomic mass is 9.93. The van der Waals surface area contributed by atoms with E-state index in [9.17, 15) is 14.4 Å². The number of carbonyl (C=O) groups excluding carboxylic acids is 3. The third-order valence-electron chi connectivity index (χ3n) is 6.03. The van der Waals surface area contributed by atoms with Gasteiger partial charge in [0.15, 0.2) is 0 Å². The molecule has 0 heterocycles. The van der Waals surface area contributed by atoms with Crippen molar-refractivity contribution in [3.63, 3.8) is 0 Å². The molecule has 190 valence electrons. The Morgan fingerprint density at radius 1 is 1.09 bits per heavy atom. The van der Waals surface area contributed by atoms with Gasteiger partial charge in [-0.25, -0.2) is 4.79 Å². The van der Waals surface area contributed by atoms with Crippen LogP contribution < -0.4 is 10.6 Å². The minimum atomic E-state index is -0.792. The Labute approximate surface area is 205 Å². The normalized spacial score (nSPS) is 16.4. The number of benzene rings is 1. The fraction of sp³-hybridized carbons (Fsp3) is 0.667. The van der Waals surface area contributed by atoms with E-state index < -0.39 is 23.8 Å². The van der Waals surface area contributed by atoms with E-state index in [2.05, 4.69) is 10.6 Å². The number of nitrogens with zero attached hydrogens (tertiary/aromatic N) is 1. The van der Waals surface area contributed by atoms with Gasteiger partial charge in [-0.15, -0.1) is 0 Å². The van der Waals surface area contributed by atoms with Crippen molar-refractivity contribution in [2.24, 2.45) is 5.92 Å². The van der Waals surface area contributed by atoms with Gasteiger partial charge < -0.3 is 20.3 Å². The Balaban J connectivity index is 2.51. The molecule has 2 N–H and O–H groups in total. The van der Waals surface area contributed by atoms with Crippen LogP contribution in [0.2, 0.25) is 0 Å². The summed E-state index contributed by atoms with van der Waals surface area (Å²) in [6.45, 7) is 17.0. The first-order valence-electron chi connectivity index (χ1n) is 12.4. The van der Waals surface area contributed by atoms with Crippen LogP contribution in [-0.4, -0.2) is 46.5 Å². The maximum Gasteiger partial charge on any atom is 0.408 e. The molecule has 1 saturated carbocycles. The molecule has 1 aliphatic rings. The van der Waals surface area contributed by atoms with Crippen molar-refractivity contribution < 1.29 is 19.1 Å². The Kier molecular flexibility index (Phi) is 9.15. The second-order valence-corrected chi connectivity index (χ2v) is 10.9. The molecular formula is C27H43N3O4. The Morgan fingerprint density at radius 2 is 1.71 bits per heavy atom. The first-order chi connectivity index (χ1) is 15.7. The van der Waals surface area contributed by atoms with Crippen LogP contribution in [0, 0.1) is 19.8 Å². The second-order valence-electron chi connectivity index (χ2n) is 10.9. The van der Waals surface area contributed by atoms with Crippen LogP contribution >= 0.6 is 0 Å². The topological polar surface area (TPSA) is 87.7 Å². The van der Waals surface area contributed by atoms with Crippen molar-refractivity contribution >= 4 is 17.9 Å². The highest BCUT2D eigenvalue weighted by atomic mass is 16.6. The molecule has 7 nitrogen and oxygen atoms in total. The summed E-state index contributed by atoms with van der Waals surface area (Å²) in [6.07, 6.45) is 1.73. The van der Waals surface area contributed by atoms with E-state index in [0.29, 0.717) is 6.42 Å². The molecule has 34 heavy (non-hydrogen) atoms. The van der Waals surface area contributed by atoms with E-state index in [0.717, 1.165) is 29.5 Å². The minimum absolute atomic E-state index is 0.0395. The summed E-state index contributed by atoms with van der Waals surface area (Å²) in [4.78, 5) is 42.0. The maximum absolute atomic E-state index is 14.1. The number of alkyl carbamates (subject to hydrolysis) is 1. The average Bonchev–Trinajstić information content (AvgIpc) is 3.54. The molecule has 0 radical (unpaired) electrons. The van der Waals surface area contributed by atoms with Crippen molar-refractivity contribution in [3.05, 3.63) is 34.9 Å². The number of rotatable bonds is 9. The SMILES string of the molecule is CCC(C)C(NC(=O)OC(C)(C)C)C(=O)N(C1CC1)C(C(=O)NC(C)C)c1cc(C)ccc1C. The van der Waals surface area contributed by atoms with Gasteiger partial charge in [-0.3, -0.25) is 9.59 Å². The summed E-state index contributed by atoms with van der Waals surface area (Å²) in [6, 6.07) is 4.31. The molecule has 2 rings (SSSR count).